The Morgan fingerprint density at radius 1 is 0.944 bits per heavy atom. The SMILES string of the molecule is Cc1ccc(NC(=O)C(=O)NCC2CCN(C(=O)Nc3ccc(F)cc3)CC2)cc1N1CCCC1=O. The number of nitrogens with zero attached hydrogens (tertiary/aromatic N) is 2. The molecule has 9 nitrogen and oxygen atoms in total. The molecule has 10 heteroatoms. The van der Waals surface area contributed by atoms with Gasteiger partial charge in [-0.15, -0.1) is 0 Å². The normalized spacial score (nSPS) is 16.1. The van der Waals surface area contributed by atoms with Crippen LogP contribution in [0, 0.1) is 18.7 Å². The number of carbonyl (C=O) groups excluding carboxylic acids is 4. The van der Waals surface area contributed by atoms with E-state index < -0.39 is 11.8 Å². The van der Waals surface area contributed by atoms with E-state index in [2.05, 4.69) is 16.0 Å². The second-order valence-electron chi connectivity index (χ2n) is 9.18. The topological polar surface area (TPSA) is 111 Å². The maximum Gasteiger partial charge on any atom is 0.321 e. The summed E-state index contributed by atoms with van der Waals surface area (Å²) in [5, 5.41) is 8.04. The Kier molecular flexibility index (Phi) is 7.82. The molecule has 0 bridgehead atoms. The zero-order valence-corrected chi connectivity index (χ0v) is 20.2. The summed E-state index contributed by atoms with van der Waals surface area (Å²) in [6, 6.07) is 10.6. The number of aryl methyl sites for hydroxylation is 1. The summed E-state index contributed by atoms with van der Waals surface area (Å²) in [5.41, 5.74) is 2.64. The Bertz CT molecular complexity index is 1150. The lowest BCUT2D eigenvalue weighted by atomic mass is 9.97. The predicted octanol–water partition coefficient (Wildman–Crippen LogP) is 3.26. The van der Waals surface area contributed by atoms with Crippen molar-refractivity contribution in [2.45, 2.75) is 32.6 Å². The van der Waals surface area contributed by atoms with Crippen LogP contribution >= 0.6 is 0 Å². The first-order valence-corrected chi connectivity index (χ1v) is 12.1. The van der Waals surface area contributed by atoms with Crippen LogP contribution in [-0.2, 0) is 14.4 Å². The molecule has 5 amide bonds. The summed E-state index contributed by atoms with van der Waals surface area (Å²) in [6.45, 7) is 3.91. The van der Waals surface area contributed by atoms with E-state index in [-0.39, 0.29) is 23.7 Å². The van der Waals surface area contributed by atoms with Crippen LogP contribution in [0.5, 0.6) is 0 Å². The molecule has 0 spiro atoms. The van der Waals surface area contributed by atoms with E-state index in [1.54, 1.807) is 21.9 Å². The van der Waals surface area contributed by atoms with E-state index in [0.29, 0.717) is 56.8 Å². The summed E-state index contributed by atoms with van der Waals surface area (Å²) in [5.74, 6) is -1.67. The van der Waals surface area contributed by atoms with Gasteiger partial charge in [-0.1, -0.05) is 6.07 Å². The molecule has 0 aliphatic carbocycles. The monoisotopic (exact) mass is 495 g/mol. The number of anilines is 3. The third-order valence-corrected chi connectivity index (χ3v) is 6.59. The van der Waals surface area contributed by atoms with Crippen LogP contribution in [0.4, 0.5) is 26.2 Å². The van der Waals surface area contributed by atoms with Crippen molar-refractivity contribution < 1.29 is 23.6 Å². The number of rotatable bonds is 5. The second kappa shape index (κ2) is 11.2. The fourth-order valence-corrected chi connectivity index (χ4v) is 4.46. The zero-order chi connectivity index (χ0) is 25.7. The number of benzene rings is 2. The van der Waals surface area contributed by atoms with Crippen molar-refractivity contribution in [2.75, 3.05) is 41.7 Å². The number of hydrogen-bond donors (Lipinski definition) is 3. The highest BCUT2D eigenvalue weighted by Gasteiger charge is 2.25. The molecular weight excluding hydrogens is 465 g/mol. The molecule has 2 saturated heterocycles. The Morgan fingerprint density at radius 3 is 2.31 bits per heavy atom. The molecule has 2 aliphatic heterocycles. The molecular formula is C26H30FN5O4. The van der Waals surface area contributed by atoms with Gasteiger partial charge < -0.3 is 25.8 Å². The predicted molar refractivity (Wildman–Crippen MR) is 134 cm³/mol. The van der Waals surface area contributed by atoms with Gasteiger partial charge in [-0.3, -0.25) is 14.4 Å². The Labute approximate surface area is 209 Å². The summed E-state index contributed by atoms with van der Waals surface area (Å²) < 4.78 is 13.0. The van der Waals surface area contributed by atoms with E-state index in [4.69, 9.17) is 0 Å². The van der Waals surface area contributed by atoms with Crippen molar-refractivity contribution in [1.29, 1.82) is 0 Å². The smallest absolute Gasteiger partial charge is 0.321 e. The quantitative estimate of drug-likeness (QED) is 0.553. The van der Waals surface area contributed by atoms with E-state index in [0.717, 1.165) is 17.7 Å². The van der Waals surface area contributed by atoms with Crippen LogP contribution in [0.25, 0.3) is 0 Å². The summed E-state index contributed by atoms with van der Waals surface area (Å²) in [7, 11) is 0. The lowest BCUT2D eigenvalue weighted by Gasteiger charge is -2.32. The van der Waals surface area contributed by atoms with Crippen LogP contribution in [-0.4, -0.2) is 54.8 Å². The van der Waals surface area contributed by atoms with Gasteiger partial charge in [0.05, 0.1) is 0 Å². The summed E-state index contributed by atoms with van der Waals surface area (Å²) in [4.78, 5) is 52.7. The first-order chi connectivity index (χ1) is 17.3. The van der Waals surface area contributed by atoms with E-state index in [1.807, 2.05) is 13.0 Å². The molecule has 0 unspecified atom stereocenters. The zero-order valence-electron chi connectivity index (χ0n) is 20.2. The van der Waals surface area contributed by atoms with Gasteiger partial charge in [-0.05, 0) is 74.1 Å². The highest BCUT2D eigenvalue weighted by molar-refractivity contribution is 6.39. The van der Waals surface area contributed by atoms with Crippen LogP contribution < -0.4 is 20.9 Å². The van der Waals surface area contributed by atoms with Crippen molar-refractivity contribution in [1.82, 2.24) is 10.2 Å². The Morgan fingerprint density at radius 2 is 1.64 bits per heavy atom. The molecule has 0 aromatic heterocycles. The van der Waals surface area contributed by atoms with Crippen molar-refractivity contribution in [3.8, 4) is 0 Å². The molecule has 0 radical (unpaired) electrons. The van der Waals surface area contributed by atoms with Crippen molar-refractivity contribution in [2.24, 2.45) is 5.92 Å². The highest BCUT2D eigenvalue weighted by Crippen LogP contribution is 2.28. The number of piperidine rings is 1. The van der Waals surface area contributed by atoms with Gasteiger partial charge in [0.1, 0.15) is 5.82 Å². The maximum atomic E-state index is 13.0. The van der Waals surface area contributed by atoms with Gasteiger partial charge in [-0.25, -0.2) is 9.18 Å². The fourth-order valence-electron chi connectivity index (χ4n) is 4.46. The molecule has 2 aliphatic rings. The first-order valence-electron chi connectivity index (χ1n) is 12.1. The molecule has 3 N–H and O–H groups in total. The Hall–Kier alpha value is -3.95. The second-order valence-corrected chi connectivity index (χ2v) is 9.18. The number of halogens is 1. The number of carbonyl (C=O) groups is 4. The largest absolute Gasteiger partial charge is 0.348 e. The number of urea groups is 1. The third kappa shape index (κ3) is 6.18. The molecule has 2 aromatic carbocycles. The van der Waals surface area contributed by atoms with Crippen molar-refractivity contribution in [3.63, 3.8) is 0 Å². The van der Waals surface area contributed by atoms with Crippen molar-refractivity contribution in [3.05, 3.63) is 53.8 Å². The summed E-state index contributed by atoms with van der Waals surface area (Å²) >= 11 is 0. The minimum absolute atomic E-state index is 0.0540. The van der Waals surface area contributed by atoms with Crippen LogP contribution in [0.2, 0.25) is 0 Å². The Balaban J connectivity index is 1.21. The van der Waals surface area contributed by atoms with Crippen LogP contribution in [0.3, 0.4) is 0 Å². The number of amides is 5. The lowest BCUT2D eigenvalue weighted by molar-refractivity contribution is -0.136. The minimum atomic E-state index is -0.770. The van der Waals surface area contributed by atoms with Gasteiger partial charge in [0.15, 0.2) is 0 Å². The standard InChI is InChI=1S/C26H30FN5O4/c1-17-4-7-21(15-22(17)32-12-2-3-23(32)33)29-25(35)24(34)28-16-18-10-13-31(14-11-18)26(36)30-20-8-5-19(27)6-9-20/h4-9,15,18H,2-3,10-14,16H2,1H3,(H,28,34)(H,29,35)(H,30,36). The lowest BCUT2D eigenvalue weighted by Crippen LogP contribution is -2.44. The molecule has 2 fully saturated rings. The molecule has 36 heavy (non-hydrogen) atoms. The maximum absolute atomic E-state index is 13.0. The van der Waals surface area contributed by atoms with Gasteiger partial charge in [0, 0.05) is 49.7 Å². The average Bonchev–Trinajstić information content (AvgIpc) is 3.30. The average molecular weight is 496 g/mol. The molecule has 0 atom stereocenters. The molecule has 190 valence electrons. The van der Waals surface area contributed by atoms with Crippen LogP contribution in [0.1, 0.15) is 31.2 Å². The fraction of sp³-hybridized carbons (Fsp3) is 0.385. The molecule has 2 aromatic rings. The van der Waals surface area contributed by atoms with Gasteiger partial charge in [0.25, 0.3) is 0 Å². The van der Waals surface area contributed by atoms with Gasteiger partial charge in [0.2, 0.25) is 5.91 Å². The minimum Gasteiger partial charge on any atom is -0.348 e. The third-order valence-electron chi connectivity index (χ3n) is 6.59. The number of nitrogens with one attached hydrogen (secondary N) is 3. The van der Waals surface area contributed by atoms with Crippen molar-refractivity contribution >= 4 is 40.8 Å². The van der Waals surface area contributed by atoms with E-state index >= 15 is 0 Å². The number of hydrogen-bond acceptors (Lipinski definition) is 4. The number of likely N-dealkylation sites (tertiary alicyclic amines) is 1. The molecule has 0 saturated carbocycles. The van der Waals surface area contributed by atoms with E-state index in [1.165, 1.54) is 24.3 Å². The van der Waals surface area contributed by atoms with Gasteiger partial charge in [-0.2, -0.15) is 0 Å². The summed E-state index contributed by atoms with van der Waals surface area (Å²) in [6.07, 6.45) is 2.68. The molecule has 4 rings (SSSR count). The van der Waals surface area contributed by atoms with Crippen LogP contribution in [0.15, 0.2) is 42.5 Å². The first kappa shape index (κ1) is 25.2. The highest BCUT2D eigenvalue weighted by atomic mass is 19.1. The molecule has 2 heterocycles. The van der Waals surface area contributed by atoms with E-state index in [9.17, 15) is 23.6 Å². The van der Waals surface area contributed by atoms with Gasteiger partial charge >= 0.3 is 17.8 Å².